The van der Waals surface area contributed by atoms with Crippen molar-refractivity contribution in [1.29, 1.82) is 0 Å². The van der Waals surface area contributed by atoms with Crippen LogP contribution in [-0.2, 0) is 0 Å². The van der Waals surface area contributed by atoms with Gasteiger partial charge < -0.3 is 10.2 Å². The molecule has 1 heterocycles. The number of benzene rings is 1. The van der Waals surface area contributed by atoms with E-state index in [0.717, 1.165) is 25.9 Å². The van der Waals surface area contributed by atoms with Crippen LogP contribution in [0.3, 0.4) is 0 Å². The Balaban J connectivity index is 2.17. The third-order valence-electron chi connectivity index (χ3n) is 3.12. The van der Waals surface area contributed by atoms with Gasteiger partial charge in [-0.1, -0.05) is 6.42 Å². The fourth-order valence-electron chi connectivity index (χ4n) is 2.28. The van der Waals surface area contributed by atoms with Crippen LogP contribution in [0.1, 0.15) is 33.1 Å². The predicted molar refractivity (Wildman–Crippen MR) is 77.9 cm³/mol. The van der Waals surface area contributed by atoms with Gasteiger partial charge in [0.1, 0.15) is 5.75 Å². The highest BCUT2D eigenvalue weighted by molar-refractivity contribution is 5.56. The number of nitrogens with one attached hydrogen (secondary N) is 1. The molecule has 0 aromatic heterocycles. The van der Waals surface area contributed by atoms with Gasteiger partial charge in [0.25, 0.3) is 5.69 Å². The van der Waals surface area contributed by atoms with Crippen molar-refractivity contribution in [3.8, 4) is 5.75 Å². The first-order valence-corrected chi connectivity index (χ1v) is 7.02. The maximum absolute atomic E-state index is 11.0. The Labute approximate surface area is 118 Å². The van der Waals surface area contributed by atoms with Gasteiger partial charge in [-0.05, 0) is 26.7 Å². The summed E-state index contributed by atoms with van der Waals surface area (Å²) in [6, 6.07) is 4.81. The van der Waals surface area contributed by atoms with Crippen molar-refractivity contribution in [2.75, 3.05) is 18.5 Å². The average Bonchev–Trinajstić information content (AvgIpc) is 2.38. The Morgan fingerprint density at radius 3 is 2.55 bits per heavy atom. The summed E-state index contributed by atoms with van der Waals surface area (Å²) in [4.78, 5) is 10.6. The van der Waals surface area contributed by atoms with Gasteiger partial charge in [-0.3, -0.25) is 10.1 Å². The minimum atomic E-state index is -0.394. The van der Waals surface area contributed by atoms with E-state index in [-0.39, 0.29) is 11.8 Å². The molecule has 0 amide bonds. The lowest BCUT2D eigenvalue weighted by atomic mass is 10.2. The minimum absolute atomic E-state index is 0.0140. The summed E-state index contributed by atoms with van der Waals surface area (Å²) >= 11 is 0. The molecule has 0 spiro atoms. The van der Waals surface area contributed by atoms with Gasteiger partial charge in [-0.25, -0.2) is 5.01 Å². The maximum atomic E-state index is 11.0. The molecule has 0 saturated carbocycles. The molecule has 1 fully saturated rings. The van der Waals surface area contributed by atoms with E-state index >= 15 is 0 Å². The Morgan fingerprint density at radius 2 is 1.95 bits per heavy atom. The summed E-state index contributed by atoms with van der Waals surface area (Å²) in [6.07, 6.45) is 3.53. The number of ether oxygens (including phenoxy) is 1. The molecule has 0 aliphatic carbocycles. The number of non-ortho nitro benzene ring substituents is 1. The first kappa shape index (κ1) is 14.6. The summed E-state index contributed by atoms with van der Waals surface area (Å²) < 4.78 is 5.57. The summed E-state index contributed by atoms with van der Waals surface area (Å²) in [7, 11) is 0. The molecule has 1 aromatic carbocycles. The molecule has 1 aliphatic heterocycles. The van der Waals surface area contributed by atoms with E-state index in [0.29, 0.717) is 11.4 Å². The second-order valence-corrected chi connectivity index (χ2v) is 5.30. The number of nitro groups is 1. The minimum Gasteiger partial charge on any atom is -0.491 e. The summed E-state index contributed by atoms with van der Waals surface area (Å²) in [5.41, 5.74) is 3.99. The van der Waals surface area contributed by atoms with Crippen LogP contribution >= 0.6 is 0 Å². The van der Waals surface area contributed by atoms with E-state index in [4.69, 9.17) is 4.74 Å². The zero-order valence-corrected chi connectivity index (χ0v) is 12.0. The van der Waals surface area contributed by atoms with Crippen LogP contribution in [0.15, 0.2) is 18.2 Å². The molecule has 0 atom stereocenters. The van der Waals surface area contributed by atoms with Gasteiger partial charge in [0, 0.05) is 25.2 Å². The Kier molecular flexibility index (Phi) is 4.79. The smallest absolute Gasteiger partial charge is 0.275 e. The number of hydrogen-bond acceptors (Lipinski definition) is 5. The van der Waals surface area contributed by atoms with Gasteiger partial charge in [0.05, 0.1) is 22.8 Å². The summed E-state index contributed by atoms with van der Waals surface area (Å²) in [5.74, 6) is 0.522. The molecule has 6 heteroatoms. The van der Waals surface area contributed by atoms with Crippen LogP contribution in [0, 0.1) is 10.1 Å². The van der Waals surface area contributed by atoms with E-state index in [2.05, 4.69) is 10.4 Å². The van der Waals surface area contributed by atoms with Gasteiger partial charge in [-0.2, -0.15) is 0 Å². The lowest BCUT2D eigenvalue weighted by molar-refractivity contribution is -0.384. The summed E-state index contributed by atoms with van der Waals surface area (Å²) in [6.45, 7) is 5.72. The van der Waals surface area contributed by atoms with Crippen molar-refractivity contribution in [1.82, 2.24) is 5.01 Å². The molecule has 110 valence electrons. The number of rotatable bonds is 5. The number of anilines is 1. The first-order chi connectivity index (χ1) is 9.54. The molecule has 1 saturated heterocycles. The lowest BCUT2D eigenvalue weighted by Crippen LogP contribution is -2.34. The normalized spacial score (nSPS) is 16.1. The molecule has 20 heavy (non-hydrogen) atoms. The van der Waals surface area contributed by atoms with Crippen molar-refractivity contribution >= 4 is 11.4 Å². The van der Waals surface area contributed by atoms with E-state index in [1.54, 1.807) is 6.07 Å². The topological polar surface area (TPSA) is 67.6 Å². The van der Waals surface area contributed by atoms with Crippen LogP contribution in [0.2, 0.25) is 0 Å². The standard InChI is InChI=1S/C14H21N3O3/c1-11(2)20-14-9-12(8-13(10-14)17(18)19)15-16-6-4-3-5-7-16/h8-11,15H,3-7H2,1-2H3. The number of nitro benzene ring substituents is 1. The second kappa shape index (κ2) is 6.56. The van der Waals surface area contributed by atoms with Crippen LogP contribution in [0.4, 0.5) is 11.4 Å². The van der Waals surface area contributed by atoms with Crippen molar-refractivity contribution in [2.24, 2.45) is 0 Å². The van der Waals surface area contributed by atoms with Crippen molar-refractivity contribution in [3.05, 3.63) is 28.3 Å². The lowest BCUT2D eigenvalue weighted by Gasteiger charge is -2.28. The van der Waals surface area contributed by atoms with Gasteiger partial charge >= 0.3 is 0 Å². The van der Waals surface area contributed by atoms with Crippen LogP contribution < -0.4 is 10.2 Å². The van der Waals surface area contributed by atoms with E-state index in [1.165, 1.54) is 12.5 Å². The third kappa shape index (κ3) is 4.09. The quantitative estimate of drug-likeness (QED) is 0.662. The van der Waals surface area contributed by atoms with Crippen molar-refractivity contribution in [3.63, 3.8) is 0 Å². The Morgan fingerprint density at radius 1 is 1.25 bits per heavy atom. The molecule has 1 N–H and O–H groups in total. The van der Waals surface area contributed by atoms with E-state index in [9.17, 15) is 10.1 Å². The molecular formula is C14H21N3O3. The Bertz CT molecular complexity index is 471. The molecule has 0 bridgehead atoms. The molecule has 0 unspecified atom stereocenters. The molecule has 1 aromatic rings. The zero-order chi connectivity index (χ0) is 14.5. The van der Waals surface area contributed by atoms with Crippen molar-refractivity contribution in [2.45, 2.75) is 39.2 Å². The summed E-state index contributed by atoms with van der Waals surface area (Å²) in [5, 5.41) is 13.1. The molecular weight excluding hydrogens is 258 g/mol. The van der Waals surface area contributed by atoms with E-state index in [1.807, 2.05) is 19.9 Å². The largest absolute Gasteiger partial charge is 0.491 e. The van der Waals surface area contributed by atoms with Crippen LogP contribution in [0.25, 0.3) is 0 Å². The van der Waals surface area contributed by atoms with Gasteiger partial charge in [0.2, 0.25) is 0 Å². The highest BCUT2D eigenvalue weighted by Crippen LogP contribution is 2.27. The zero-order valence-electron chi connectivity index (χ0n) is 12.0. The van der Waals surface area contributed by atoms with E-state index < -0.39 is 4.92 Å². The van der Waals surface area contributed by atoms with Gasteiger partial charge in [-0.15, -0.1) is 0 Å². The molecule has 0 radical (unpaired) electrons. The number of hydrogen-bond donors (Lipinski definition) is 1. The Hall–Kier alpha value is -1.82. The number of nitrogens with zero attached hydrogens (tertiary/aromatic N) is 2. The highest BCUT2D eigenvalue weighted by atomic mass is 16.6. The maximum Gasteiger partial charge on any atom is 0.275 e. The number of piperidine rings is 1. The molecule has 2 rings (SSSR count). The third-order valence-corrected chi connectivity index (χ3v) is 3.12. The molecule has 6 nitrogen and oxygen atoms in total. The van der Waals surface area contributed by atoms with Gasteiger partial charge in [0.15, 0.2) is 0 Å². The SMILES string of the molecule is CC(C)Oc1cc(NN2CCCCC2)cc([N+](=O)[O-])c1. The average molecular weight is 279 g/mol. The first-order valence-electron chi connectivity index (χ1n) is 7.02. The number of hydrazine groups is 1. The molecule has 1 aliphatic rings. The predicted octanol–water partition coefficient (Wildman–Crippen LogP) is 3.19. The fourth-order valence-corrected chi connectivity index (χ4v) is 2.28. The van der Waals surface area contributed by atoms with Crippen LogP contribution in [-0.4, -0.2) is 29.1 Å². The second-order valence-electron chi connectivity index (χ2n) is 5.30. The van der Waals surface area contributed by atoms with Crippen molar-refractivity contribution < 1.29 is 9.66 Å². The highest BCUT2D eigenvalue weighted by Gasteiger charge is 2.14. The fraction of sp³-hybridized carbons (Fsp3) is 0.571. The monoisotopic (exact) mass is 279 g/mol. The van der Waals surface area contributed by atoms with Crippen LogP contribution in [0.5, 0.6) is 5.75 Å².